The van der Waals surface area contributed by atoms with Crippen molar-refractivity contribution >= 4 is 17.5 Å². The van der Waals surface area contributed by atoms with Gasteiger partial charge in [-0.3, -0.25) is 4.79 Å². The summed E-state index contributed by atoms with van der Waals surface area (Å²) in [5, 5.41) is 9.78. The van der Waals surface area contributed by atoms with Crippen LogP contribution >= 0.6 is 11.6 Å². The van der Waals surface area contributed by atoms with E-state index in [9.17, 15) is 4.79 Å². The molecule has 0 aliphatic carbocycles. The van der Waals surface area contributed by atoms with Crippen molar-refractivity contribution in [3.63, 3.8) is 0 Å². The van der Waals surface area contributed by atoms with E-state index in [-0.39, 0.29) is 18.6 Å². The molecule has 1 unspecified atom stereocenters. The van der Waals surface area contributed by atoms with Crippen LogP contribution in [0.5, 0.6) is 0 Å². The van der Waals surface area contributed by atoms with E-state index in [4.69, 9.17) is 16.7 Å². The third-order valence-corrected chi connectivity index (χ3v) is 3.19. The summed E-state index contributed by atoms with van der Waals surface area (Å²) in [4.78, 5) is 13.8. The molecule has 86 valence electrons. The van der Waals surface area contributed by atoms with Crippen molar-refractivity contribution < 1.29 is 9.90 Å². The summed E-state index contributed by atoms with van der Waals surface area (Å²) in [6, 6.07) is 6.83. The first kappa shape index (κ1) is 11.4. The van der Waals surface area contributed by atoms with Gasteiger partial charge in [0.15, 0.2) is 0 Å². The van der Waals surface area contributed by atoms with Crippen LogP contribution in [0, 0.1) is 0 Å². The third kappa shape index (κ3) is 2.20. The quantitative estimate of drug-likeness (QED) is 0.857. The van der Waals surface area contributed by atoms with Gasteiger partial charge in [-0.1, -0.05) is 11.6 Å². The van der Waals surface area contributed by atoms with Gasteiger partial charge in [0.25, 0.3) is 5.91 Å². The molecule has 1 heterocycles. The number of aliphatic hydroxyl groups is 1. The summed E-state index contributed by atoms with van der Waals surface area (Å²) in [6.07, 6.45) is 1.85. The van der Waals surface area contributed by atoms with Gasteiger partial charge in [0.05, 0.1) is 12.6 Å². The Labute approximate surface area is 99.6 Å². The number of hydrogen-bond donors (Lipinski definition) is 1. The Bertz CT molecular complexity index is 377. The molecule has 1 N–H and O–H groups in total. The zero-order valence-corrected chi connectivity index (χ0v) is 9.65. The van der Waals surface area contributed by atoms with E-state index < -0.39 is 0 Å². The highest BCUT2D eigenvalue weighted by Crippen LogP contribution is 2.20. The largest absolute Gasteiger partial charge is 0.394 e. The third-order valence-electron chi connectivity index (χ3n) is 2.94. The van der Waals surface area contributed by atoms with Crippen LogP contribution in [-0.2, 0) is 0 Å². The molecule has 1 saturated heterocycles. The number of hydrogen-bond acceptors (Lipinski definition) is 2. The maximum Gasteiger partial charge on any atom is 0.254 e. The normalized spacial score (nSPS) is 20.1. The molecule has 16 heavy (non-hydrogen) atoms. The minimum absolute atomic E-state index is 0.0202. The van der Waals surface area contributed by atoms with Gasteiger partial charge in [-0.15, -0.1) is 0 Å². The minimum atomic E-state index is -0.0248. The van der Waals surface area contributed by atoms with Gasteiger partial charge in [0, 0.05) is 17.1 Å². The molecule has 1 aromatic rings. The molecular formula is C12H14ClNO2. The number of halogens is 1. The molecular weight excluding hydrogens is 226 g/mol. The lowest BCUT2D eigenvalue weighted by Crippen LogP contribution is -2.37. The topological polar surface area (TPSA) is 40.5 Å². The first-order valence-corrected chi connectivity index (χ1v) is 5.77. The van der Waals surface area contributed by atoms with Gasteiger partial charge < -0.3 is 10.0 Å². The van der Waals surface area contributed by atoms with Gasteiger partial charge in [-0.2, -0.15) is 0 Å². The summed E-state index contributed by atoms with van der Waals surface area (Å²) < 4.78 is 0. The summed E-state index contributed by atoms with van der Waals surface area (Å²) in [6.45, 7) is 0.770. The summed E-state index contributed by atoms with van der Waals surface area (Å²) in [5.41, 5.74) is 0.629. The Kier molecular flexibility index (Phi) is 3.46. The van der Waals surface area contributed by atoms with Gasteiger partial charge in [0.2, 0.25) is 0 Å². The fourth-order valence-corrected chi connectivity index (χ4v) is 2.18. The lowest BCUT2D eigenvalue weighted by atomic mass is 10.2. The second-order valence-corrected chi connectivity index (χ2v) is 4.42. The molecule has 1 fully saturated rings. The van der Waals surface area contributed by atoms with E-state index in [1.54, 1.807) is 29.2 Å². The Morgan fingerprint density at radius 1 is 1.44 bits per heavy atom. The summed E-state index contributed by atoms with van der Waals surface area (Å²) in [7, 11) is 0. The molecule has 0 bridgehead atoms. The Balaban J connectivity index is 2.15. The summed E-state index contributed by atoms with van der Waals surface area (Å²) >= 11 is 5.77. The molecule has 0 aromatic heterocycles. The minimum Gasteiger partial charge on any atom is -0.394 e. The van der Waals surface area contributed by atoms with Crippen molar-refractivity contribution in [3.8, 4) is 0 Å². The number of amides is 1. The average molecular weight is 240 g/mol. The lowest BCUT2D eigenvalue weighted by Gasteiger charge is -2.23. The van der Waals surface area contributed by atoms with E-state index in [1.807, 2.05) is 0 Å². The molecule has 1 amide bonds. The van der Waals surface area contributed by atoms with Gasteiger partial charge >= 0.3 is 0 Å². The fourth-order valence-electron chi connectivity index (χ4n) is 2.05. The van der Waals surface area contributed by atoms with Crippen LogP contribution in [0.4, 0.5) is 0 Å². The maximum absolute atomic E-state index is 12.1. The Hall–Kier alpha value is -1.06. The number of likely N-dealkylation sites (tertiary alicyclic amines) is 1. The Morgan fingerprint density at radius 2 is 2.12 bits per heavy atom. The van der Waals surface area contributed by atoms with Crippen molar-refractivity contribution in [2.75, 3.05) is 13.2 Å². The van der Waals surface area contributed by atoms with E-state index in [0.717, 1.165) is 19.4 Å². The van der Waals surface area contributed by atoms with Crippen molar-refractivity contribution in [1.29, 1.82) is 0 Å². The molecule has 4 heteroatoms. The molecule has 3 nitrogen and oxygen atoms in total. The average Bonchev–Trinajstić information content (AvgIpc) is 2.77. The van der Waals surface area contributed by atoms with Crippen molar-refractivity contribution in [1.82, 2.24) is 4.90 Å². The summed E-state index contributed by atoms with van der Waals surface area (Å²) in [5.74, 6) is -0.0202. The second kappa shape index (κ2) is 4.85. The number of carbonyl (C=O) groups excluding carboxylic acids is 1. The maximum atomic E-state index is 12.1. The molecule has 1 aromatic carbocycles. The number of carbonyl (C=O) groups is 1. The fraction of sp³-hybridized carbons (Fsp3) is 0.417. The van der Waals surface area contributed by atoms with Crippen LogP contribution in [0.25, 0.3) is 0 Å². The molecule has 0 saturated carbocycles. The van der Waals surface area contributed by atoms with E-state index in [2.05, 4.69) is 0 Å². The molecule has 1 aliphatic heterocycles. The Morgan fingerprint density at radius 3 is 2.75 bits per heavy atom. The smallest absolute Gasteiger partial charge is 0.254 e. The van der Waals surface area contributed by atoms with Gasteiger partial charge in [0.1, 0.15) is 0 Å². The van der Waals surface area contributed by atoms with Crippen LogP contribution in [0.2, 0.25) is 5.02 Å². The lowest BCUT2D eigenvalue weighted by molar-refractivity contribution is 0.0677. The molecule has 1 atom stereocenters. The van der Waals surface area contributed by atoms with Crippen LogP contribution in [0.1, 0.15) is 23.2 Å². The highest BCUT2D eigenvalue weighted by Gasteiger charge is 2.28. The zero-order chi connectivity index (χ0) is 11.5. The molecule has 2 rings (SSSR count). The number of aliphatic hydroxyl groups excluding tert-OH is 1. The predicted octanol–water partition coefficient (Wildman–Crippen LogP) is 1.94. The first-order valence-electron chi connectivity index (χ1n) is 5.40. The monoisotopic (exact) mass is 239 g/mol. The predicted molar refractivity (Wildman–Crippen MR) is 62.6 cm³/mol. The highest BCUT2D eigenvalue weighted by atomic mass is 35.5. The van der Waals surface area contributed by atoms with Gasteiger partial charge in [-0.25, -0.2) is 0 Å². The first-order chi connectivity index (χ1) is 7.72. The second-order valence-electron chi connectivity index (χ2n) is 3.98. The number of nitrogens with zero attached hydrogens (tertiary/aromatic N) is 1. The highest BCUT2D eigenvalue weighted by molar-refractivity contribution is 6.30. The van der Waals surface area contributed by atoms with Crippen LogP contribution in [0.3, 0.4) is 0 Å². The van der Waals surface area contributed by atoms with Crippen LogP contribution < -0.4 is 0 Å². The van der Waals surface area contributed by atoms with Crippen molar-refractivity contribution in [3.05, 3.63) is 34.9 Å². The standard InChI is InChI=1S/C12H14ClNO2/c13-10-5-3-9(4-6-10)12(16)14-7-1-2-11(14)8-15/h3-6,11,15H,1-2,7-8H2. The van der Waals surface area contributed by atoms with Crippen LogP contribution in [-0.4, -0.2) is 35.1 Å². The van der Waals surface area contributed by atoms with E-state index >= 15 is 0 Å². The number of benzene rings is 1. The molecule has 0 spiro atoms. The van der Waals surface area contributed by atoms with E-state index in [1.165, 1.54) is 0 Å². The zero-order valence-electron chi connectivity index (χ0n) is 8.90. The molecule has 0 radical (unpaired) electrons. The molecule has 1 aliphatic rings. The van der Waals surface area contributed by atoms with Crippen molar-refractivity contribution in [2.45, 2.75) is 18.9 Å². The van der Waals surface area contributed by atoms with E-state index in [0.29, 0.717) is 10.6 Å². The number of rotatable bonds is 2. The van der Waals surface area contributed by atoms with Crippen molar-refractivity contribution in [2.24, 2.45) is 0 Å². The van der Waals surface area contributed by atoms with Gasteiger partial charge in [-0.05, 0) is 37.1 Å². The van der Waals surface area contributed by atoms with Crippen LogP contribution in [0.15, 0.2) is 24.3 Å². The SMILES string of the molecule is O=C(c1ccc(Cl)cc1)N1CCCC1CO.